The highest BCUT2D eigenvalue weighted by Gasteiger charge is 2.24. The fourth-order valence-corrected chi connectivity index (χ4v) is 2.06. The monoisotopic (exact) mass is 299 g/mol. The first-order chi connectivity index (χ1) is 10.6. The number of rotatable bonds is 6. The summed E-state index contributed by atoms with van der Waals surface area (Å²) in [6.45, 7) is 0. The van der Waals surface area contributed by atoms with Crippen LogP contribution in [0.3, 0.4) is 0 Å². The minimum absolute atomic E-state index is 0.463. The summed E-state index contributed by atoms with van der Waals surface area (Å²) in [6, 6.07) is 17.3. The van der Waals surface area contributed by atoms with Gasteiger partial charge in [-0.15, -0.1) is 0 Å². The van der Waals surface area contributed by atoms with Crippen molar-refractivity contribution in [3.63, 3.8) is 0 Å². The third-order valence-electron chi connectivity index (χ3n) is 3.14. The van der Waals surface area contributed by atoms with E-state index in [0.717, 1.165) is 11.1 Å². The van der Waals surface area contributed by atoms with Crippen LogP contribution in [0.25, 0.3) is 0 Å². The quantitative estimate of drug-likeness (QED) is 0.797. The van der Waals surface area contributed by atoms with E-state index in [1.165, 1.54) is 0 Å². The predicted octanol–water partition coefficient (Wildman–Crippen LogP) is 2.12. The summed E-state index contributed by atoms with van der Waals surface area (Å²) in [4.78, 5) is 22.7. The molecule has 0 aliphatic carbocycles. The summed E-state index contributed by atoms with van der Waals surface area (Å²) in [5.74, 6) is -1.87. The van der Waals surface area contributed by atoms with Gasteiger partial charge in [0.1, 0.15) is 6.04 Å². The lowest BCUT2D eigenvalue weighted by Gasteiger charge is -2.20. The molecule has 0 spiro atoms. The number of ether oxygens (including phenoxy) is 1. The van der Waals surface area contributed by atoms with Crippen molar-refractivity contribution in [2.45, 2.75) is 18.6 Å². The molecular weight excluding hydrogens is 282 g/mol. The van der Waals surface area contributed by atoms with Crippen LogP contribution in [0, 0.1) is 0 Å². The number of aliphatic carboxylic acids is 1. The minimum Gasteiger partial charge on any atom is -0.481 e. The Morgan fingerprint density at radius 3 is 1.82 bits per heavy atom. The van der Waals surface area contributed by atoms with Crippen LogP contribution in [0.15, 0.2) is 60.7 Å². The highest BCUT2D eigenvalue weighted by molar-refractivity contribution is 5.82. The Labute approximate surface area is 128 Å². The van der Waals surface area contributed by atoms with Crippen molar-refractivity contribution >= 4 is 11.9 Å². The van der Waals surface area contributed by atoms with E-state index in [1.54, 1.807) is 0 Å². The molecule has 2 rings (SSSR count). The third-order valence-corrected chi connectivity index (χ3v) is 3.14. The Morgan fingerprint density at radius 1 is 0.955 bits per heavy atom. The molecule has 0 heterocycles. The molecule has 5 nitrogen and oxygen atoms in total. The number of esters is 1. The van der Waals surface area contributed by atoms with E-state index in [2.05, 4.69) is 0 Å². The zero-order valence-corrected chi connectivity index (χ0v) is 11.9. The molecule has 0 fully saturated rings. The van der Waals surface area contributed by atoms with Crippen molar-refractivity contribution in [1.29, 1.82) is 0 Å². The highest BCUT2D eigenvalue weighted by Crippen LogP contribution is 2.26. The number of hydrogen-bond acceptors (Lipinski definition) is 4. The van der Waals surface area contributed by atoms with Gasteiger partial charge >= 0.3 is 11.9 Å². The van der Waals surface area contributed by atoms with Gasteiger partial charge in [0.15, 0.2) is 6.10 Å². The van der Waals surface area contributed by atoms with Gasteiger partial charge < -0.3 is 15.6 Å². The number of carboxylic acid groups (broad SMARTS) is 1. The molecule has 1 atom stereocenters. The molecule has 3 N–H and O–H groups in total. The van der Waals surface area contributed by atoms with E-state index < -0.39 is 30.5 Å². The SMILES string of the molecule is N[C@@H](CC(=O)O)C(=O)OC(c1ccccc1)c1ccccc1. The maximum Gasteiger partial charge on any atom is 0.324 e. The maximum atomic E-state index is 12.0. The molecule has 0 aliphatic rings. The van der Waals surface area contributed by atoms with E-state index in [1.807, 2.05) is 60.7 Å². The Bertz CT molecular complexity index is 588. The number of benzene rings is 2. The van der Waals surface area contributed by atoms with Crippen LogP contribution in [0.1, 0.15) is 23.7 Å². The molecule has 5 heteroatoms. The summed E-state index contributed by atoms with van der Waals surface area (Å²) < 4.78 is 5.46. The third kappa shape index (κ3) is 4.17. The number of hydrogen-bond donors (Lipinski definition) is 2. The second kappa shape index (κ2) is 7.38. The lowest BCUT2D eigenvalue weighted by Crippen LogP contribution is -2.35. The molecular formula is C17H17NO4. The average Bonchev–Trinajstić information content (AvgIpc) is 2.53. The Kier molecular flexibility index (Phi) is 5.27. The molecule has 0 radical (unpaired) electrons. The van der Waals surface area contributed by atoms with E-state index >= 15 is 0 Å². The van der Waals surface area contributed by atoms with Crippen molar-refractivity contribution in [1.82, 2.24) is 0 Å². The van der Waals surface area contributed by atoms with Gasteiger partial charge in [-0.05, 0) is 11.1 Å². The van der Waals surface area contributed by atoms with Crippen LogP contribution >= 0.6 is 0 Å². The Morgan fingerprint density at radius 2 is 1.41 bits per heavy atom. The molecule has 2 aromatic rings. The van der Waals surface area contributed by atoms with Gasteiger partial charge in [-0.1, -0.05) is 60.7 Å². The van der Waals surface area contributed by atoms with E-state index in [-0.39, 0.29) is 0 Å². The maximum absolute atomic E-state index is 12.0. The van der Waals surface area contributed by atoms with Crippen molar-refractivity contribution in [3.8, 4) is 0 Å². The highest BCUT2D eigenvalue weighted by atomic mass is 16.5. The normalized spacial score (nSPS) is 11.9. The zero-order chi connectivity index (χ0) is 15.9. The molecule has 0 aromatic heterocycles. The van der Waals surface area contributed by atoms with Crippen LogP contribution in [-0.2, 0) is 14.3 Å². The summed E-state index contributed by atoms with van der Waals surface area (Å²) in [5, 5.41) is 8.71. The Hall–Kier alpha value is -2.66. The molecule has 0 unspecified atom stereocenters. The van der Waals surface area contributed by atoms with Gasteiger partial charge in [0.05, 0.1) is 6.42 Å². The number of carboxylic acids is 1. The van der Waals surface area contributed by atoms with Gasteiger partial charge in [-0.3, -0.25) is 9.59 Å². The minimum atomic E-state index is -1.19. The molecule has 2 aromatic carbocycles. The first kappa shape index (κ1) is 15.7. The fraction of sp³-hybridized carbons (Fsp3) is 0.176. The number of nitrogens with two attached hydrogens (primary N) is 1. The number of carbonyl (C=O) groups excluding carboxylic acids is 1. The van der Waals surface area contributed by atoms with Gasteiger partial charge in [0, 0.05) is 0 Å². The largest absolute Gasteiger partial charge is 0.481 e. The Balaban J connectivity index is 2.23. The topological polar surface area (TPSA) is 89.6 Å². The molecule has 114 valence electrons. The first-order valence-corrected chi connectivity index (χ1v) is 6.85. The van der Waals surface area contributed by atoms with E-state index in [9.17, 15) is 9.59 Å². The van der Waals surface area contributed by atoms with Crippen LogP contribution in [-0.4, -0.2) is 23.1 Å². The molecule has 0 saturated heterocycles. The molecule has 0 aliphatic heterocycles. The lowest BCUT2D eigenvalue weighted by molar-refractivity contribution is -0.152. The van der Waals surface area contributed by atoms with Crippen LogP contribution in [0.2, 0.25) is 0 Å². The fourth-order valence-electron chi connectivity index (χ4n) is 2.06. The first-order valence-electron chi connectivity index (χ1n) is 6.85. The molecule has 22 heavy (non-hydrogen) atoms. The number of carbonyl (C=O) groups is 2. The van der Waals surface area contributed by atoms with Crippen molar-refractivity contribution in [3.05, 3.63) is 71.8 Å². The van der Waals surface area contributed by atoms with Gasteiger partial charge in [0.25, 0.3) is 0 Å². The summed E-state index contributed by atoms with van der Waals surface area (Å²) in [5.41, 5.74) is 7.16. The van der Waals surface area contributed by atoms with E-state index in [4.69, 9.17) is 15.6 Å². The van der Waals surface area contributed by atoms with Crippen LogP contribution in [0.5, 0.6) is 0 Å². The summed E-state index contributed by atoms with van der Waals surface area (Å²) in [7, 11) is 0. The summed E-state index contributed by atoms with van der Waals surface area (Å²) in [6.07, 6.45) is -1.08. The smallest absolute Gasteiger partial charge is 0.324 e. The molecule has 0 amide bonds. The van der Waals surface area contributed by atoms with Crippen LogP contribution < -0.4 is 5.73 Å². The lowest BCUT2D eigenvalue weighted by atomic mass is 10.0. The van der Waals surface area contributed by atoms with Crippen molar-refractivity contribution in [2.24, 2.45) is 5.73 Å². The molecule has 0 saturated carbocycles. The molecule has 0 bridgehead atoms. The van der Waals surface area contributed by atoms with Crippen LogP contribution in [0.4, 0.5) is 0 Å². The zero-order valence-electron chi connectivity index (χ0n) is 11.9. The van der Waals surface area contributed by atoms with Gasteiger partial charge in [-0.25, -0.2) is 0 Å². The van der Waals surface area contributed by atoms with Gasteiger partial charge in [0.2, 0.25) is 0 Å². The predicted molar refractivity (Wildman–Crippen MR) is 81.0 cm³/mol. The van der Waals surface area contributed by atoms with Gasteiger partial charge in [-0.2, -0.15) is 0 Å². The summed E-state index contributed by atoms with van der Waals surface area (Å²) >= 11 is 0. The van der Waals surface area contributed by atoms with E-state index in [0.29, 0.717) is 0 Å². The standard InChI is InChI=1S/C17H17NO4/c18-14(11-15(19)20)17(21)22-16(12-7-3-1-4-8-12)13-9-5-2-6-10-13/h1-10,14,16H,11,18H2,(H,19,20)/t14-/m0/s1. The second-order valence-electron chi connectivity index (χ2n) is 4.84. The van der Waals surface area contributed by atoms with Crippen molar-refractivity contribution in [2.75, 3.05) is 0 Å². The average molecular weight is 299 g/mol. The second-order valence-corrected chi connectivity index (χ2v) is 4.84. The van der Waals surface area contributed by atoms with Crippen molar-refractivity contribution < 1.29 is 19.4 Å².